The average molecular weight is 617 g/mol. The Morgan fingerprint density at radius 1 is 0.413 bits per heavy atom. The molecule has 46 heavy (non-hydrogen) atoms. The highest BCUT2D eigenvalue weighted by atomic mass is 16.5. The van der Waals surface area contributed by atoms with Crippen LogP contribution in [0.1, 0.15) is 27.7 Å². The number of rotatable bonds is 10. The molecule has 4 aromatic rings. The Kier molecular flexibility index (Phi) is 9.82. The maximum Gasteiger partial charge on any atom is 0.338 e. The number of carbonyl (C=O) groups is 4. The highest BCUT2D eigenvalue weighted by molar-refractivity contribution is 6.03. The Labute approximate surface area is 266 Å². The number of ether oxygens (including phenoxy) is 4. The fourth-order valence-electron chi connectivity index (χ4n) is 4.09. The molecule has 0 radical (unpaired) electrons. The topological polar surface area (TPSA) is 105 Å². The summed E-state index contributed by atoms with van der Waals surface area (Å²) in [6.45, 7) is 20.8. The second kappa shape index (κ2) is 13.7. The van der Waals surface area contributed by atoms with Gasteiger partial charge in [-0.15, -0.1) is 0 Å². The summed E-state index contributed by atoms with van der Waals surface area (Å²) in [5.74, 6) is -1.34. The monoisotopic (exact) mass is 616 g/mol. The van der Waals surface area contributed by atoms with Gasteiger partial charge < -0.3 is 18.9 Å². The Bertz CT molecular complexity index is 1800. The van der Waals surface area contributed by atoms with Crippen molar-refractivity contribution >= 4 is 34.6 Å². The lowest BCUT2D eigenvalue weighted by molar-refractivity contribution is -0.130. The number of hydrogen-bond acceptors (Lipinski definition) is 8. The largest absolute Gasteiger partial charge is 0.423 e. The minimum atomic E-state index is -0.643. The van der Waals surface area contributed by atoms with Crippen LogP contribution < -0.4 is 18.9 Å². The molecule has 0 unspecified atom stereocenters. The van der Waals surface area contributed by atoms with Gasteiger partial charge in [-0.2, -0.15) is 0 Å². The molecule has 0 fully saturated rings. The first-order valence-electron chi connectivity index (χ1n) is 14.1. The molecule has 4 rings (SSSR count). The summed E-state index contributed by atoms with van der Waals surface area (Å²) < 4.78 is 22.2. The van der Waals surface area contributed by atoms with E-state index in [0.29, 0.717) is 44.5 Å². The number of fused-ring (bicyclic) bond motifs is 1. The van der Waals surface area contributed by atoms with Crippen molar-refractivity contribution in [1.82, 2.24) is 0 Å². The van der Waals surface area contributed by atoms with Crippen molar-refractivity contribution in [3.05, 3.63) is 121 Å². The smallest absolute Gasteiger partial charge is 0.338 e. The van der Waals surface area contributed by atoms with Gasteiger partial charge in [0, 0.05) is 33.1 Å². The van der Waals surface area contributed by atoms with Crippen LogP contribution in [0, 0.1) is 0 Å². The highest BCUT2D eigenvalue weighted by Gasteiger charge is 2.19. The summed E-state index contributed by atoms with van der Waals surface area (Å²) in [5, 5.41) is 0.954. The molecule has 0 aliphatic carbocycles. The van der Waals surface area contributed by atoms with Gasteiger partial charge in [0.2, 0.25) is 0 Å². The molecule has 0 atom stereocenters. The Morgan fingerprint density at radius 2 is 0.696 bits per heavy atom. The number of esters is 4. The van der Waals surface area contributed by atoms with Gasteiger partial charge in [0.05, 0.1) is 0 Å². The molecule has 0 spiro atoms. The van der Waals surface area contributed by atoms with Crippen molar-refractivity contribution in [2.75, 3.05) is 0 Å². The Hall–Kier alpha value is -6.02. The summed E-state index contributed by atoms with van der Waals surface area (Å²) in [6, 6.07) is 20.4. The standard InChI is InChI=1S/C38H32O8/c1-21(2)35(39)43-29-13-9-25(10-14-29)27-17-31-32(33(19-27)45-37(41)23(5)6)18-28(20-34(31)46-38(42)24(7)8)26-11-15-30(16-12-26)44-36(40)22(3)4/h9-20H,1,3,5,7H2,2,4,6,8H3. The first kappa shape index (κ1) is 32.9. The van der Waals surface area contributed by atoms with Crippen molar-refractivity contribution in [2.45, 2.75) is 27.7 Å². The molecular weight excluding hydrogens is 584 g/mol. The fraction of sp³-hybridized carbons (Fsp3) is 0.105. The lowest BCUT2D eigenvalue weighted by Crippen LogP contribution is -2.10. The Balaban J connectivity index is 1.89. The normalized spacial score (nSPS) is 10.4. The van der Waals surface area contributed by atoms with E-state index < -0.39 is 23.9 Å². The van der Waals surface area contributed by atoms with Gasteiger partial charge in [0.25, 0.3) is 0 Å². The zero-order valence-electron chi connectivity index (χ0n) is 26.0. The molecule has 0 aromatic heterocycles. The first-order valence-corrected chi connectivity index (χ1v) is 14.1. The maximum absolute atomic E-state index is 12.8. The molecule has 8 nitrogen and oxygen atoms in total. The Morgan fingerprint density at radius 3 is 0.978 bits per heavy atom. The van der Waals surface area contributed by atoms with E-state index in [0.717, 1.165) is 0 Å². The highest BCUT2D eigenvalue weighted by Crippen LogP contribution is 2.41. The quantitative estimate of drug-likeness (QED) is 0.1000. The fourth-order valence-corrected chi connectivity index (χ4v) is 4.09. The van der Waals surface area contributed by atoms with Crippen LogP contribution in [0.5, 0.6) is 23.0 Å². The van der Waals surface area contributed by atoms with Crippen LogP contribution in [0.15, 0.2) is 121 Å². The second-order valence-corrected chi connectivity index (χ2v) is 10.8. The van der Waals surface area contributed by atoms with E-state index in [4.69, 9.17) is 18.9 Å². The van der Waals surface area contributed by atoms with Gasteiger partial charge in [-0.25, -0.2) is 19.2 Å². The van der Waals surface area contributed by atoms with E-state index in [1.165, 1.54) is 13.8 Å². The van der Waals surface area contributed by atoms with Crippen molar-refractivity contribution in [2.24, 2.45) is 0 Å². The van der Waals surface area contributed by atoms with Gasteiger partial charge in [-0.3, -0.25) is 0 Å². The van der Waals surface area contributed by atoms with E-state index in [1.54, 1.807) is 86.6 Å². The third-order valence-electron chi connectivity index (χ3n) is 6.59. The molecule has 232 valence electrons. The summed E-state index contributed by atoms with van der Waals surface area (Å²) in [5.41, 5.74) is 3.55. The third kappa shape index (κ3) is 7.73. The van der Waals surface area contributed by atoms with Gasteiger partial charge in [-0.1, -0.05) is 50.6 Å². The van der Waals surface area contributed by atoms with Crippen LogP contribution in [0.25, 0.3) is 33.0 Å². The molecule has 0 heterocycles. The summed E-state index contributed by atoms with van der Waals surface area (Å²) in [7, 11) is 0. The van der Waals surface area contributed by atoms with Crippen LogP contribution in [0.4, 0.5) is 0 Å². The molecule has 0 saturated heterocycles. The van der Waals surface area contributed by atoms with Gasteiger partial charge in [0.1, 0.15) is 23.0 Å². The molecular formula is C38H32O8. The van der Waals surface area contributed by atoms with Gasteiger partial charge in [-0.05, 0) is 98.5 Å². The second-order valence-electron chi connectivity index (χ2n) is 10.8. The minimum absolute atomic E-state index is 0.187. The van der Waals surface area contributed by atoms with Crippen LogP contribution in [-0.2, 0) is 19.2 Å². The molecule has 0 saturated carbocycles. The molecule has 4 aromatic carbocycles. The zero-order chi connectivity index (χ0) is 33.7. The average Bonchev–Trinajstić information content (AvgIpc) is 3.01. The van der Waals surface area contributed by atoms with Crippen LogP contribution >= 0.6 is 0 Å². The van der Waals surface area contributed by atoms with Crippen LogP contribution in [-0.4, -0.2) is 23.9 Å². The van der Waals surface area contributed by atoms with Gasteiger partial charge in [0.15, 0.2) is 0 Å². The van der Waals surface area contributed by atoms with Crippen molar-refractivity contribution in [3.63, 3.8) is 0 Å². The predicted octanol–water partition coefficient (Wildman–Crippen LogP) is 8.10. The van der Waals surface area contributed by atoms with Crippen LogP contribution in [0.3, 0.4) is 0 Å². The SMILES string of the molecule is C=C(C)C(=O)Oc1ccc(-c2cc(OC(=O)C(=C)C)c3cc(-c4ccc(OC(=O)C(=C)C)cc4)cc(OC(=O)C(=C)C)c3c2)cc1. The van der Waals surface area contributed by atoms with E-state index in [1.807, 2.05) is 0 Å². The molecule has 0 N–H and O–H groups in total. The number of benzene rings is 4. The predicted molar refractivity (Wildman–Crippen MR) is 177 cm³/mol. The maximum atomic E-state index is 12.8. The van der Waals surface area contributed by atoms with Crippen molar-refractivity contribution < 1.29 is 38.1 Å². The third-order valence-corrected chi connectivity index (χ3v) is 6.59. The zero-order valence-corrected chi connectivity index (χ0v) is 26.0. The van der Waals surface area contributed by atoms with E-state index in [2.05, 4.69) is 26.3 Å². The molecule has 0 amide bonds. The molecule has 8 heteroatoms. The van der Waals surface area contributed by atoms with E-state index >= 15 is 0 Å². The van der Waals surface area contributed by atoms with E-state index in [-0.39, 0.29) is 33.8 Å². The summed E-state index contributed by atoms with van der Waals surface area (Å²) >= 11 is 0. The minimum Gasteiger partial charge on any atom is -0.423 e. The lowest BCUT2D eigenvalue weighted by Gasteiger charge is -2.16. The van der Waals surface area contributed by atoms with E-state index in [9.17, 15) is 19.2 Å². The lowest BCUT2D eigenvalue weighted by atomic mass is 9.96. The molecule has 0 bridgehead atoms. The number of hydrogen-bond donors (Lipinski definition) is 0. The first-order chi connectivity index (χ1) is 21.7. The molecule has 0 aliphatic rings. The summed E-state index contributed by atoms with van der Waals surface area (Å²) in [6.07, 6.45) is 0. The van der Waals surface area contributed by atoms with Gasteiger partial charge >= 0.3 is 23.9 Å². The van der Waals surface area contributed by atoms with Crippen molar-refractivity contribution in [3.8, 4) is 45.3 Å². The van der Waals surface area contributed by atoms with Crippen LogP contribution in [0.2, 0.25) is 0 Å². The summed E-state index contributed by atoms with van der Waals surface area (Å²) in [4.78, 5) is 49.4. The van der Waals surface area contributed by atoms with Crippen molar-refractivity contribution in [1.29, 1.82) is 0 Å². The number of carbonyl (C=O) groups excluding carboxylic acids is 4. The molecule has 0 aliphatic heterocycles.